The molecule has 3 aliphatic rings. The van der Waals surface area contributed by atoms with Gasteiger partial charge in [0.2, 0.25) is 0 Å². The quantitative estimate of drug-likeness (QED) is 0.748. The zero-order valence-electron chi connectivity index (χ0n) is 15.3. The number of aromatic nitrogens is 1. The summed E-state index contributed by atoms with van der Waals surface area (Å²) in [4.78, 5) is 9.63. The van der Waals surface area contributed by atoms with Gasteiger partial charge < -0.3 is 9.80 Å². The van der Waals surface area contributed by atoms with Gasteiger partial charge in [0.25, 0.3) is 0 Å². The van der Waals surface area contributed by atoms with E-state index in [-0.39, 0.29) is 5.41 Å². The molecule has 128 valence electrons. The summed E-state index contributed by atoms with van der Waals surface area (Å²) in [5, 5.41) is 0. The molecule has 5 rings (SSSR count). The molecule has 0 unspecified atom stereocenters. The van der Waals surface area contributed by atoms with Crippen LogP contribution in [0.4, 0.5) is 5.69 Å². The zero-order chi connectivity index (χ0) is 17.2. The number of aryl methyl sites for hydroxylation is 1. The van der Waals surface area contributed by atoms with Gasteiger partial charge in [0, 0.05) is 36.6 Å². The van der Waals surface area contributed by atoms with Crippen LogP contribution in [0.25, 0.3) is 11.1 Å². The van der Waals surface area contributed by atoms with Gasteiger partial charge in [0.1, 0.15) is 6.17 Å². The Labute approximate surface area is 150 Å². The molecule has 2 heterocycles. The summed E-state index contributed by atoms with van der Waals surface area (Å²) in [6.07, 6.45) is 11.8. The van der Waals surface area contributed by atoms with E-state index in [0.717, 1.165) is 0 Å². The minimum absolute atomic E-state index is 0.113. The summed E-state index contributed by atoms with van der Waals surface area (Å²) in [5.74, 6) is 0. The fourth-order valence-corrected chi connectivity index (χ4v) is 5.21. The first-order valence-electron chi connectivity index (χ1n) is 9.42. The van der Waals surface area contributed by atoms with Gasteiger partial charge >= 0.3 is 0 Å². The number of hydrogen-bond donors (Lipinski definition) is 0. The Kier molecular flexibility index (Phi) is 3.06. The molecule has 1 aromatic carbocycles. The standard InChI is InChI=1S/C22H25N3/c1-15-8-9-17-18-7-6-12-23-21(18)22(10-4-5-11-22)19(17)20(15)25-14-13-24(3)16(25)2/h6-9,12-14,16H,4-5,10-11H2,1-3H3/t16-/m0/s1. The van der Waals surface area contributed by atoms with Gasteiger partial charge in [-0.05, 0) is 49.4 Å². The Balaban J connectivity index is 1.81. The topological polar surface area (TPSA) is 19.4 Å². The van der Waals surface area contributed by atoms with Crippen molar-refractivity contribution in [2.45, 2.75) is 51.1 Å². The number of rotatable bonds is 1. The monoisotopic (exact) mass is 331 g/mol. The molecule has 1 atom stereocenters. The molecule has 25 heavy (non-hydrogen) atoms. The first-order chi connectivity index (χ1) is 12.1. The van der Waals surface area contributed by atoms with E-state index >= 15 is 0 Å². The van der Waals surface area contributed by atoms with E-state index in [1.807, 2.05) is 6.20 Å². The average molecular weight is 331 g/mol. The third-order valence-electron chi connectivity index (χ3n) is 6.58. The maximum atomic E-state index is 4.89. The molecule has 3 nitrogen and oxygen atoms in total. The number of anilines is 1. The number of hydrogen-bond acceptors (Lipinski definition) is 3. The highest BCUT2D eigenvalue weighted by Crippen LogP contribution is 2.59. The largest absolute Gasteiger partial charge is 0.359 e. The Morgan fingerprint density at radius 2 is 1.88 bits per heavy atom. The molecule has 0 saturated heterocycles. The summed E-state index contributed by atoms with van der Waals surface area (Å²) in [6.45, 7) is 4.54. The molecule has 0 amide bonds. The molecular formula is C22H25N3. The van der Waals surface area contributed by atoms with Gasteiger partial charge in [-0.1, -0.05) is 31.0 Å². The van der Waals surface area contributed by atoms with Crippen molar-refractivity contribution in [3.63, 3.8) is 0 Å². The molecule has 1 fully saturated rings. The fraction of sp³-hybridized carbons (Fsp3) is 0.409. The van der Waals surface area contributed by atoms with E-state index < -0.39 is 0 Å². The number of benzene rings is 1. The first-order valence-corrected chi connectivity index (χ1v) is 9.42. The van der Waals surface area contributed by atoms with Gasteiger partial charge in [0.15, 0.2) is 0 Å². The Hall–Kier alpha value is -2.29. The fourth-order valence-electron chi connectivity index (χ4n) is 5.21. The molecule has 1 aromatic heterocycles. The van der Waals surface area contributed by atoms with E-state index in [1.165, 1.54) is 59.3 Å². The van der Waals surface area contributed by atoms with Crippen LogP contribution in [0.15, 0.2) is 42.9 Å². The smallest absolute Gasteiger partial charge is 0.102 e. The van der Waals surface area contributed by atoms with Gasteiger partial charge in [-0.3, -0.25) is 4.98 Å². The lowest BCUT2D eigenvalue weighted by Crippen LogP contribution is -2.36. The molecule has 2 aliphatic carbocycles. The minimum Gasteiger partial charge on any atom is -0.359 e. The van der Waals surface area contributed by atoms with Crippen LogP contribution in [0, 0.1) is 6.92 Å². The van der Waals surface area contributed by atoms with Gasteiger partial charge in [-0.25, -0.2) is 0 Å². The van der Waals surface area contributed by atoms with Crippen molar-refractivity contribution >= 4 is 5.69 Å². The predicted octanol–water partition coefficient (Wildman–Crippen LogP) is 4.80. The van der Waals surface area contributed by atoms with Crippen molar-refractivity contribution < 1.29 is 0 Å². The molecule has 3 heteroatoms. The third kappa shape index (κ3) is 1.84. The number of nitrogens with zero attached hydrogens (tertiary/aromatic N) is 3. The lowest BCUT2D eigenvalue weighted by molar-refractivity contribution is 0.381. The van der Waals surface area contributed by atoms with Crippen LogP contribution in [0.3, 0.4) is 0 Å². The highest BCUT2D eigenvalue weighted by Gasteiger charge is 2.49. The predicted molar refractivity (Wildman–Crippen MR) is 103 cm³/mol. The van der Waals surface area contributed by atoms with Gasteiger partial charge in [0.05, 0.1) is 11.4 Å². The van der Waals surface area contributed by atoms with E-state index in [9.17, 15) is 0 Å². The van der Waals surface area contributed by atoms with Crippen molar-refractivity contribution in [2.24, 2.45) is 0 Å². The second-order valence-corrected chi connectivity index (χ2v) is 7.85. The van der Waals surface area contributed by atoms with E-state index in [2.05, 4.69) is 67.4 Å². The van der Waals surface area contributed by atoms with Gasteiger partial charge in [-0.2, -0.15) is 0 Å². The lowest BCUT2D eigenvalue weighted by atomic mass is 9.77. The second kappa shape index (κ2) is 5.10. The summed E-state index contributed by atoms with van der Waals surface area (Å²) in [5.41, 5.74) is 8.49. The highest BCUT2D eigenvalue weighted by molar-refractivity contribution is 5.87. The molecule has 1 spiro atoms. The van der Waals surface area contributed by atoms with Crippen LogP contribution < -0.4 is 4.90 Å². The zero-order valence-corrected chi connectivity index (χ0v) is 15.3. The molecular weight excluding hydrogens is 306 g/mol. The summed E-state index contributed by atoms with van der Waals surface area (Å²) >= 11 is 0. The van der Waals surface area contributed by atoms with Crippen LogP contribution in [-0.4, -0.2) is 23.1 Å². The normalized spacial score (nSPS) is 22.8. The van der Waals surface area contributed by atoms with E-state index in [1.54, 1.807) is 0 Å². The van der Waals surface area contributed by atoms with Crippen LogP contribution in [0.2, 0.25) is 0 Å². The van der Waals surface area contributed by atoms with Crippen LogP contribution in [0.1, 0.15) is 49.4 Å². The Morgan fingerprint density at radius 1 is 1.08 bits per heavy atom. The number of pyridine rings is 1. The van der Waals surface area contributed by atoms with Crippen LogP contribution in [0.5, 0.6) is 0 Å². The van der Waals surface area contributed by atoms with Crippen molar-refractivity contribution in [1.82, 2.24) is 9.88 Å². The second-order valence-electron chi connectivity index (χ2n) is 7.85. The molecule has 2 aromatic rings. The van der Waals surface area contributed by atoms with Crippen molar-refractivity contribution in [3.05, 3.63) is 59.7 Å². The maximum absolute atomic E-state index is 4.89. The van der Waals surface area contributed by atoms with Gasteiger partial charge in [-0.15, -0.1) is 0 Å². The molecule has 1 aliphatic heterocycles. The first kappa shape index (κ1) is 15.0. The highest BCUT2D eigenvalue weighted by atomic mass is 15.4. The molecule has 0 bridgehead atoms. The Morgan fingerprint density at radius 3 is 2.60 bits per heavy atom. The van der Waals surface area contributed by atoms with Crippen molar-refractivity contribution in [2.75, 3.05) is 11.9 Å². The molecule has 1 saturated carbocycles. The SMILES string of the molecule is Cc1ccc2c(c1N1C=CN(C)[C@@H]1C)C1(CCCC1)c1ncccc1-2. The van der Waals surface area contributed by atoms with Crippen molar-refractivity contribution in [1.29, 1.82) is 0 Å². The Bertz CT molecular complexity index is 877. The average Bonchev–Trinajstić information content (AvgIpc) is 3.30. The van der Waals surface area contributed by atoms with Crippen LogP contribution >= 0.6 is 0 Å². The third-order valence-corrected chi connectivity index (χ3v) is 6.58. The van der Waals surface area contributed by atoms with E-state index in [4.69, 9.17) is 4.98 Å². The maximum Gasteiger partial charge on any atom is 0.102 e. The summed E-state index contributed by atoms with van der Waals surface area (Å²) < 4.78 is 0. The number of fused-ring (bicyclic) bond motifs is 5. The minimum atomic E-state index is 0.113. The molecule has 0 radical (unpaired) electrons. The van der Waals surface area contributed by atoms with Crippen LogP contribution in [-0.2, 0) is 5.41 Å². The summed E-state index contributed by atoms with van der Waals surface area (Å²) in [6, 6.07) is 8.97. The summed E-state index contributed by atoms with van der Waals surface area (Å²) in [7, 11) is 2.15. The van der Waals surface area contributed by atoms with Crippen molar-refractivity contribution in [3.8, 4) is 11.1 Å². The van der Waals surface area contributed by atoms with E-state index in [0.29, 0.717) is 6.17 Å². The lowest BCUT2D eigenvalue weighted by Gasteiger charge is -2.35. The molecule has 0 N–H and O–H groups in total.